The number of hydrogen-bond donors (Lipinski definition) is 1. The maximum atomic E-state index is 12.4. The number of halogens is 2. The Bertz CT molecular complexity index is 939. The monoisotopic (exact) mass is 371 g/mol. The fraction of sp³-hybridized carbons (Fsp3) is 0. The van der Waals surface area contributed by atoms with Gasteiger partial charge in [-0.3, -0.25) is 14.8 Å². The van der Waals surface area contributed by atoms with Gasteiger partial charge in [-0.15, -0.1) is 0 Å². The number of sulfonamides is 1. The second kappa shape index (κ2) is 6.42. The van der Waals surface area contributed by atoms with E-state index in [0.29, 0.717) is 0 Å². The van der Waals surface area contributed by atoms with Gasteiger partial charge in [0.15, 0.2) is 0 Å². The molecule has 23 heavy (non-hydrogen) atoms. The predicted octanol–water partition coefficient (Wildman–Crippen LogP) is 3.57. The smallest absolute Gasteiger partial charge is 0.270 e. The molecule has 7 nitrogen and oxygen atoms in total. The first-order chi connectivity index (χ1) is 10.7. The van der Waals surface area contributed by atoms with Crippen LogP contribution in [0.25, 0.3) is 0 Å². The number of nitro groups is 1. The van der Waals surface area contributed by atoms with E-state index in [9.17, 15) is 18.5 Å². The van der Waals surface area contributed by atoms with E-state index < -0.39 is 14.9 Å². The minimum absolute atomic E-state index is 0.0534. The molecule has 0 fully saturated rings. The summed E-state index contributed by atoms with van der Waals surface area (Å²) in [7, 11) is -4.12. The second-order valence-electron chi connectivity index (χ2n) is 4.28. The average Bonchev–Trinajstić information content (AvgIpc) is 2.49. The van der Waals surface area contributed by atoms with Gasteiger partial charge in [0.25, 0.3) is 15.7 Å². The van der Waals surface area contributed by atoms with Crippen molar-refractivity contribution >= 4 is 44.6 Å². The SMILES string of the molecule is N#Cc1cc([N+](=O)[O-])ccc1NS(=O)(=O)c1cc(Cl)ccc1Cl. The van der Waals surface area contributed by atoms with Gasteiger partial charge < -0.3 is 0 Å². The number of hydrogen-bond acceptors (Lipinski definition) is 5. The van der Waals surface area contributed by atoms with Gasteiger partial charge in [0.1, 0.15) is 11.0 Å². The largest absolute Gasteiger partial charge is 0.278 e. The van der Waals surface area contributed by atoms with Crippen molar-refractivity contribution in [3.05, 3.63) is 62.1 Å². The molecule has 0 unspecified atom stereocenters. The summed E-state index contributed by atoms with van der Waals surface area (Å²) in [5.41, 5.74) is -0.625. The highest BCUT2D eigenvalue weighted by molar-refractivity contribution is 7.92. The molecule has 0 aliphatic carbocycles. The maximum Gasteiger partial charge on any atom is 0.270 e. The zero-order valence-corrected chi connectivity index (χ0v) is 13.5. The number of nitriles is 1. The Hall–Kier alpha value is -2.34. The molecule has 10 heteroatoms. The molecule has 0 bridgehead atoms. The standard InChI is InChI=1S/C13H7Cl2N3O4S/c14-9-1-3-11(15)13(6-9)23(21,22)17-12-4-2-10(18(19)20)5-8(12)7-16/h1-6,17H. The zero-order valence-electron chi connectivity index (χ0n) is 11.2. The fourth-order valence-corrected chi connectivity index (χ4v) is 3.55. The summed E-state index contributed by atoms with van der Waals surface area (Å²) in [6, 6.07) is 8.78. The minimum Gasteiger partial charge on any atom is -0.278 e. The molecule has 0 amide bonds. The third kappa shape index (κ3) is 3.71. The number of non-ortho nitro benzene ring substituents is 1. The van der Waals surface area contributed by atoms with Crippen molar-refractivity contribution in [1.29, 1.82) is 5.26 Å². The normalized spacial score (nSPS) is 10.8. The molecule has 0 aliphatic heterocycles. The first-order valence-corrected chi connectivity index (χ1v) is 8.15. The van der Waals surface area contributed by atoms with Crippen LogP contribution in [0.1, 0.15) is 5.56 Å². The Morgan fingerprint density at radius 3 is 2.48 bits per heavy atom. The lowest BCUT2D eigenvalue weighted by atomic mass is 10.2. The number of anilines is 1. The highest BCUT2D eigenvalue weighted by Gasteiger charge is 2.21. The molecule has 2 aromatic carbocycles. The minimum atomic E-state index is -4.12. The van der Waals surface area contributed by atoms with Crippen molar-refractivity contribution in [2.45, 2.75) is 4.90 Å². The second-order valence-corrected chi connectivity index (χ2v) is 6.77. The molecule has 2 aromatic rings. The molecule has 0 saturated carbocycles. The fourth-order valence-electron chi connectivity index (χ4n) is 1.71. The van der Waals surface area contributed by atoms with Gasteiger partial charge in [-0.1, -0.05) is 23.2 Å². The molecule has 0 saturated heterocycles. The van der Waals surface area contributed by atoms with Gasteiger partial charge in [0.2, 0.25) is 0 Å². The molecule has 0 radical (unpaired) electrons. The topological polar surface area (TPSA) is 113 Å². The van der Waals surface area contributed by atoms with Crippen LogP contribution in [0.3, 0.4) is 0 Å². The zero-order chi connectivity index (χ0) is 17.2. The molecular weight excluding hydrogens is 365 g/mol. The molecule has 0 aromatic heterocycles. The van der Waals surface area contributed by atoms with E-state index >= 15 is 0 Å². The van der Waals surface area contributed by atoms with E-state index in [2.05, 4.69) is 4.72 Å². The first-order valence-electron chi connectivity index (χ1n) is 5.91. The Kier molecular flexibility index (Phi) is 4.75. The molecule has 118 valence electrons. The summed E-state index contributed by atoms with van der Waals surface area (Å²) in [5, 5.41) is 19.8. The van der Waals surface area contributed by atoms with Crippen LogP contribution >= 0.6 is 23.2 Å². The lowest BCUT2D eigenvalue weighted by molar-refractivity contribution is -0.384. The van der Waals surface area contributed by atoms with Crippen LogP contribution in [-0.4, -0.2) is 13.3 Å². The van der Waals surface area contributed by atoms with Crippen LogP contribution in [0, 0.1) is 21.4 Å². The third-order valence-corrected chi connectivity index (χ3v) is 4.84. The number of nitrogens with one attached hydrogen (secondary N) is 1. The number of nitrogens with zero attached hydrogens (tertiary/aromatic N) is 2. The number of rotatable bonds is 4. The highest BCUT2D eigenvalue weighted by Crippen LogP contribution is 2.29. The van der Waals surface area contributed by atoms with Crippen molar-refractivity contribution in [3.63, 3.8) is 0 Å². The highest BCUT2D eigenvalue weighted by atomic mass is 35.5. The van der Waals surface area contributed by atoms with Crippen molar-refractivity contribution in [2.24, 2.45) is 0 Å². The molecule has 0 aliphatic rings. The van der Waals surface area contributed by atoms with Gasteiger partial charge in [-0.25, -0.2) is 8.42 Å². The van der Waals surface area contributed by atoms with Crippen LogP contribution < -0.4 is 4.72 Å². The molecule has 1 N–H and O–H groups in total. The molecule has 2 rings (SSSR count). The molecule has 0 spiro atoms. The van der Waals surface area contributed by atoms with Crippen molar-refractivity contribution in [2.75, 3.05) is 4.72 Å². The maximum absolute atomic E-state index is 12.4. The van der Waals surface area contributed by atoms with Crippen LogP contribution in [0.4, 0.5) is 11.4 Å². The van der Waals surface area contributed by atoms with E-state index in [-0.39, 0.29) is 31.9 Å². The lowest BCUT2D eigenvalue weighted by Crippen LogP contribution is -2.14. The van der Waals surface area contributed by atoms with E-state index in [1.54, 1.807) is 6.07 Å². The Balaban J connectivity index is 2.48. The van der Waals surface area contributed by atoms with Crippen LogP contribution in [0.2, 0.25) is 10.0 Å². The Morgan fingerprint density at radius 2 is 1.87 bits per heavy atom. The lowest BCUT2D eigenvalue weighted by Gasteiger charge is -2.11. The van der Waals surface area contributed by atoms with E-state index in [1.165, 1.54) is 12.1 Å². The summed E-state index contributed by atoms with van der Waals surface area (Å²) >= 11 is 11.6. The summed E-state index contributed by atoms with van der Waals surface area (Å²) in [4.78, 5) is 9.74. The van der Waals surface area contributed by atoms with Crippen molar-refractivity contribution < 1.29 is 13.3 Å². The summed E-state index contributed by atoms with van der Waals surface area (Å²) in [6.07, 6.45) is 0. The number of nitro benzene ring substituents is 1. The van der Waals surface area contributed by atoms with Gasteiger partial charge in [-0.05, 0) is 24.3 Å². The van der Waals surface area contributed by atoms with Crippen molar-refractivity contribution in [3.8, 4) is 6.07 Å². The first kappa shape index (κ1) is 17.0. The molecule has 0 atom stereocenters. The Morgan fingerprint density at radius 1 is 1.17 bits per heavy atom. The summed E-state index contributed by atoms with van der Waals surface area (Å²) < 4.78 is 26.9. The van der Waals surface area contributed by atoms with E-state index in [4.69, 9.17) is 28.5 Å². The number of benzene rings is 2. The van der Waals surface area contributed by atoms with Gasteiger partial charge in [0, 0.05) is 17.2 Å². The predicted molar refractivity (Wildman–Crippen MR) is 85.1 cm³/mol. The summed E-state index contributed by atoms with van der Waals surface area (Å²) in [6.45, 7) is 0. The summed E-state index contributed by atoms with van der Waals surface area (Å²) in [5.74, 6) is 0. The molecular formula is C13H7Cl2N3O4S. The quantitative estimate of drug-likeness (QED) is 0.651. The van der Waals surface area contributed by atoms with E-state index in [0.717, 1.165) is 24.3 Å². The van der Waals surface area contributed by atoms with Gasteiger partial charge in [0.05, 0.1) is 21.2 Å². The van der Waals surface area contributed by atoms with Gasteiger partial charge >= 0.3 is 0 Å². The third-order valence-electron chi connectivity index (χ3n) is 2.76. The van der Waals surface area contributed by atoms with Crippen LogP contribution in [0.5, 0.6) is 0 Å². The van der Waals surface area contributed by atoms with E-state index in [1.807, 2.05) is 0 Å². The van der Waals surface area contributed by atoms with Crippen LogP contribution in [-0.2, 0) is 10.0 Å². The Labute approximate surface area is 141 Å². The van der Waals surface area contributed by atoms with Gasteiger partial charge in [-0.2, -0.15) is 5.26 Å². The van der Waals surface area contributed by atoms with Crippen molar-refractivity contribution in [1.82, 2.24) is 0 Å². The average molecular weight is 372 g/mol. The molecule has 0 heterocycles. The van der Waals surface area contributed by atoms with Crippen LogP contribution in [0.15, 0.2) is 41.3 Å².